The van der Waals surface area contributed by atoms with Gasteiger partial charge in [-0.05, 0) is 32.1 Å². The quantitative estimate of drug-likeness (QED) is 0.724. The van der Waals surface area contributed by atoms with Gasteiger partial charge < -0.3 is 10.5 Å². The van der Waals surface area contributed by atoms with Gasteiger partial charge in [0.25, 0.3) is 0 Å². The normalized spacial score (nSPS) is 21.9. The van der Waals surface area contributed by atoms with E-state index in [0.29, 0.717) is 12.1 Å². The average molecular weight is 228 g/mol. The maximum atomic E-state index is 5.81. The second-order valence-corrected chi connectivity index (χ2v) is 4.74. The molecule has 0 spiro atoms. The van der Waals surface area contributed by atoms with Crippen LogP contribution in [-0.2, 0) is 4.74 Å². The summed E-state index contributed by atoms with van der Waals surface area (Å²) in [6.07, 6.45) is 6.65. The zero-order chi connectivity index (χ0) is 11.8. The van der Waals surface area contributed by atoms with Crippen molar-refractivity contribution < 1.29 is 4.74 Å². The second kappa shape index (κ2) is 8.04. The molecular formula is C13H28N2O. The highest BCUT2D eigenvalue weighted by Gasteiger charge is 2.21. The third-order valence-corrected chi connectivity index (χ3v) is 3.59. The maximum absolute atomic E-state index is 5.81. The van der Waals surface area contributed by atoms with Crippen LogP contribution in [0.3, 0.4) is 0 Å². The highest BCUT2D eigenvalue weighted by atomic mass is 16.5. The van der Waals surface area contributed by atoms with Crippen LogP contribution in [0, 0.1) is 0 Å². The summed E-state index contributed by atoms with van der Waals surface area (Å²) in [5.74, 6) is 0. The first-order valence-corrected chi connectivity index (χ1v) is 6.87. The van der Waals surface area contributed by atoms with E-state index < -0.39 is 0 Å². The Morgan fingerprint density at radius 3 is 2.56 bits per heavy atom. The number of hydrogen-bond donors (Lipinski definition) is 1. The zero-order valence-corrected chi connectivity index (χ0v) is 11.0. The summed E-state index contributed by atoms with van der Waals surface area (Å²) in [6.45, 7) is 8.31. The van der Waals surface area contributed by atoms with E-state index in [1.54, 1.807) is 0 Å². The lowest BCUT2D eigenvalue weighted by Crippen LogP contribution is -2.44. The van der Waals surface area contributed by atoms with Crippen molar-refractivity contribution in [2.24, 2.45) is 5.73 Å². The number of ether oxygens (including phenoxy) is 1. The Kier molecular flexibility index (Phi) is 7.01. The smallest absolute Gasteiger partial charge is 0.0702 e. The van der Waals surface area contributed by atoms with E-state index in [1.165, 1.54) is 32.1 Å². The Balaban J connectivity index is 2.41. The minimum absolute atomic E-state index is 0.445. The molecule has 0 aromatic carbocycles. The zero-order valence-electron chi connectivity index (χ0n) is 11.0. The third kappa shape index (κ3) is 4.40. The minimum Gasteiger partial charge on any atom is -0.377 e. The highest BCUT2D eigenvalue weighted by Crippen LogP contribution is 2.16. The van der Waals surface area contributed by atoms with Crippen molar-refractivity contribution in [3.63, 3.8) is 0 Å². The fraction of sp³-hybridized carbons (Fsp3) is 1.00. The van der Waals surface area contributed by atoms with Crippen molar-refractivity contribution in [2.75, 3.05) is 26.2 Å². The fourth-order valence-electron chi connectivity index (χ4n) is 2.61. The largest absolute Gasteiger partial charge is 0.377 e. The molecule has 0 bridgehead atoms. The lowest BCUT2D eigenvalue weighted by atomic mass is 10.1. The molecule has 0 aliphatic carbocycles. The van der Waals surface area contributed by atoms with E-state index in [4.69, 9.17) is 10.5 Å². The summed E-state index contributed by atoms with van der Waals surface area (Å²) in [5, 5.41) is 0. The second-order valence-electron chi connectivity index (χ2n) is 4.74. The van der Waals surface area contributed by atoms with E-state index in [0.717, 1.165) is 26.2 Å². The van der Waals surface area contributed by atoms with E-state index >= 15 is 0 Å². The Morgan fingerprint density at radius 1 is 1.31 bits per heavy atom. The molecule has 0 amide bonds. The van der Waals surface area contributed by atoms with E-state index in [2.05, 4.69) is 18.7 Å². The molecule has 1 aliphatic heterocycles. The fourth-order valence-corrected chi connectivity index (χ4v) is 2.61. The molecule has 1 saturated heterocycles. The van der Waals surface area contributed by atoms with Gasteiger partial charge in [-0.25, -0.2) is 0 Å². The molecular weight excluding hydrogens is 200 g/mol. The number of nitrogens with two attached hydrogens (primary N) is 1. The van der Waals surface area contributed by atoms with Gasteiger partial charge in [-0.2, -0.15) is 0 Å². The molecule has 16 heavy (non-hydrogen) atoms. The van der Waals surface area contributed by atoms with Crippen molar-refractivity contribution in [3.05, 3.63) is 0 Å². The van der Waals surface area contributed by atoms with Gasteiger partial charge in [0.1, 0.15) is 0 Å². The van der Waals surface area contributed by atoms with Crippen molar-refractivity contribution in [1.29, 1.82) is 0 Å². The molecule has 0 aromatic rings. The first-order chi connectivity index (χ1) is 7.81. The monoisotopic (exact) mass is 228 g/mol. The van der Waals surface area contributed by atoms with E-state index in [-0.39, 0.29) is 0 Å². The van der Waals surface area contributed by atoms with Gasteiger partial charge in [0.05, 0.1) is 6.10 Å². The molecule has 2 N–H and O–H groups in total. The predicted molar refractivity (Wildman–Crippen MR) is 68.6 cm³/mol. The van der Waals surface area contributed by atoms with Crippen LogP contribution >= 0.6 is 0 Å². The molecule has 3 nitrogen and oxygen atoms in total. The Bertz CT molecular complexity index is 165. The van der Waals surface area contributed by atoms with Gasteiger partial charge in [-0.1, -0.05) is 13.8 Å². The first kappa shape index (κ1) is 13.9. The van der Waals surface area contributed by atoms with Crippen LogP contribution < -0.4 is 5.73 Å². The Hall–Kier alpha value is -0.120. The molecule has 1 rings (SSSR count). The summed E-state index contributed by atoms with van der Waals surface area (Å²) >= 11 is 0. The van der Waals surface area contributed by atoms with Crippen LogP contribution in [0.2, 0.25) is 0 Å². The summed E-state index contributed by atoms with van der Waals surface area (Å²) in [5.41, 5.74) is 5.70. The number of nitrogens with zero attached hydrogens (tertiary/aromatic N) is 1. The molecule has 0 aromatic heterocycles. The van der Waals surface area contributed by atoms with E-state index in [9.17, 15) is 0 Å². The van der Waals surface area contributed by atoms with Crippen LogP contribution in [0.25, 0.3) is 0 Å². The summed E-state index contributed by atoms with van der Waals surface area (Å²) < 4.78 is 5.81. The molecule has 1 unspecified atom stereocenters. The van der Waals surface area contributed by atoms with Gasteiger partial charge in [0.15, 0.2) is 0 Å². The average Bonchev–Trinajstić information content (AvgIpc) is 2.32. The van der Waals surface area contributed by atoms with Crippen LogP contribution in [0.4, 0.5) is 0 Å². The topological polar surface area (TPSA) is 38.5 Å². The van der Waals surface area contributed by atoms with Crippen molar-refractivity contribution in [1.82, 2.24) is 4.90 Å². The molecule has 1 aliphatic rings. The van der Waals surface area contributed by atoms with Crippen LogP contribution in [-0.4, -0.2) is 43.3 Å². The summed E-state index contributed by atoms with van der Waals surface area (Å²) in [4.78, 5) is 2.52. The van der Waals surface area contributed by atoms with Crippen LogP contribution in [0.1, 0.15) is 46.0 Å². The maximum Gasteiger partial charge on any atom is 0.0702 e. The third-order valence-electron chi connectivity index (χ3n) is 3.59. The van der Waals surface area contributed by atoms with Gasteiger partial charge in [0.2, 0.25) is 0 Å². The Labute approximate surface area is 100 Å². The molecule has 0 radical (unpaired) electrons. The number of hydrogen-bond acceptors (Lipinski definition) is 3. The SMILES string of the molecule is CCC(CC)N(CCN)CC1CCCCO1. The molecule has 1 heterocycles. The summed E-state index contributed by atoms with van der Waals surface area (Å²) in [7, 11) is 0. The predicted octanol–water partition coefficient (Wildman–Crippen LogP) is 2.00. The molecule has 0 saturated carbocycles. The lowest BCUT2D eigenvalue weighted by Gasteiger charge is -2.34. The van der Waals surface area contributed by atoms with Crippen LogP contribution in [0.15, 0.2) is 0 Å². The van der Waals surface area contributed by atoms with Crippen molar-refractivity contribution in [3.8, 4) is 0 Å². The van der Waals surface area contributed by atoms with Gasteiger partial charge in [-0.3, -0.25) is 4.90 Å². The van der Waals surface area contributed by atoms with Gasteiger partial charge in [0, 0.05) is 32.3 Å². The minimum atomic E-state index is 0.445. The van der Waals surface area contributed by atoms with E-state index in [1.807, 2.05) is 0 Å². The number of rotatable bonds is 7. The van der Waals surface area contributed by atoms with Crippen molar-refractivity contribution in [2.45, 2.75) is 58.1 Å². The van der Waals surface area contributed by atoms with Gasteiger partial charge in [-0.15, -0.1) is 0 Å². The lowest BCUT2D eigenvalue weighted by molar-refractivity contribution is -0.0138. The molecule has 3 heteroatoms. The summed E-state index contributed by atoms with van der Waals surface area (Å²) in [6, 6.07) is 0.675. The molecule has 96 valence electrons. The van der Waals surface area contributed by atoms with Crippen LogP contribution in [0.5, 0.6) is 0 Å². The Morgan fingerprint density at radius 2 is 2.06 bits per heavy atom. The standard InChI is InChI=1S/C13H28N2O/c1-3-12(4-2)15(9-8-14)11-13-7-5-6-10-16-13/h12-13H,3-11,14H2,1-2H3. The molecule has 1 fully saturated rings. The van der Waals surface area contributed by atoms with Gasteiger partial charge >= 0.3 is 0 Å². The highest BCUT2D eigenvalue weighted by molar-refractivity contribution is 4.75. The molecule has 1 atom stereocenters. The first-order valence-electron chi connectivity index (χ1n) is 6.87. The van der Waals surface area contributed by atoms with Crippen molar-refractivity contribution >= 4 is 0 Å².